The van der Waals surface area contributed by atoms with Gasteiger partial charge in [-0.05, 0) is 56.7 Å². The molecule has 0 bridgehead atoms. The molecule has 0 radical (unpaired) electrons. The fourth-order valence-electron chi connectivity index (χ4n) is 3.64. The van der Waals surface area contributed by atoms with Gasteiger partial charge < -0.3 is 10.2 Å². The zero-order chi connectivity index (χ0) is 21.3. The van der Waals surface area contributed by atoms with Crippen molar-refractivity contribution in [3.8, 4) is 0 Å². The number of nitrogens with two attached hydrogens (primary N) is 1. The number of anilines is 2. The number of piperidine rings is 1. The number of thioether (sulfide) groups is 1. The SMILES string of the molecule is Cc1ccc(NC(=O)CSc2nnc(N3CCCCC3)n2C2CC2)cc1S(N)(=O)=O. The van der Waals surface area contributed by atoms with Gasteiger partial charge in [0.25, 0.3) is 0 Å². The van der Waals surface area contributed by atoms with Crippen LogP contribution in [0.25, 0.3) is 0 Å². The lowest BCUT2D eigenvalue weighted by molar-refractivity contribution is -0.113. The molecule has 1 aromatic carbocycles. The van der Waals surface area contributed by atoms with E-state index in [4.69, 9.17) is 5.14 Å². The molecule has 2 aliphatic rings. The molecular formula is C19H26N6O3S2. The van der Waals surface area contributed by atoms with Crippen molar-refractivity contribution < 1.29 is 13.2 Å². The second-order valence-corrected chi connectivity index (χ2v) is 10.3. The second kappa shape index (κ2) is 8.56. The summed E-state index contributed by atoms with van der Waals surface area (Å²) in [4.78, 5) is 14.8. The molecule has 162 valence electrons. The van der Waals surface area contributed by atoms with Crippen molar-refractivity contribution in [1.29, 1.82) is 0 Å². The van der Waals surface area contributed by atoms with E-state index >= 15 is 0 Å². The summed E-state index contributed by atoms with van der Waals surface area (Å²) in [6.45, 7) is 3.65. The van der Waals surface area contributed by atoms with Crippen LogP contribution in [-0.2, 0) is 14.8 Å². The standard InChI is InChI=1S/C19H26N6O3S2/c1-13-5-6-14(11-16(13)30(20,27)28)21-17(26)12-29-19-23-22-18(25(19)15-7-8-15)24-9-3-2-4-10-24/h5-6,11,15H,2-4,7-10,12H2,1H3,(H,21,26)(H2,20,27,28). The number of primary sulfonamides is 1. The number of carbonyl (C=O) groups excluding carboxylic acids is 1. The first-order valence-electron chi connectivity index (χ1n) is 10.1. The molecule has 2 aromatic rings. The fourth-order valence-corrected chi connectivity index (χ4v) is 5.25. The molecule has 1 aliphatic carbocycles. The minimum atomic E-state index is -3.85. The molecule has 0 atom stereocenters. The first-order valence-corrected chi connectivity index (χ1v) is 12.6. The number of benzene rings is 1. The molecule has 9 nitrogen and oxygen atoms in total. The van der Waals surface area contributed by atoms with Crippen LogP contribution < -0.4 is 15.4 Å². The average molecular weight is 451 g/mol. The smallest absolute Gasteiger partial charge is 0.238 e. The molecule has 0 spiro atoms. The van der Waals surface area contributed by atoms with E-state index in [9.17, 15) is 13.2 Å². The van der Waals surface area contributed by atoms with Gasteiger partial charge in [0.2, 0.25) is 21.9 Å². The Kier molecular flexibility index (Phi) is 6.03. The number of rotatable bonds is 7. The molecule has 1 saturated heterocycles. The van der Waals surface area contributed by atoms with Crippen LogP contribution in [-0.4, -0.2) is 47.9 Å². The van der Waals surface area contributed by atoms with Gasteiger partial charge in [-0.25, -0.2) is 13.6 Å². The Morgan fingerprint density at radius 3 is 2.63 bits per heavy atom. The van der Waals surface area contributed by atoms with E-state index in [-0.39, 0.29) is 16.6 Å². The molecular weight excluding hydrogens is 424 g/mol. The highest BCUT2D eigenvalue weighted by atomic mass is 32.2. The Morgan fingerprint density at radius 2 is 1.97 bits per heavy atom. The van der Waals surface area contributed by atoms with Crippen LogP contribution in [0.3, 0.4) is 0 Å². The predicted octanol–water partition coefficient (Wildman–Crippen LogP) is 2.29. The van der Waals surface area contributed by atoms with Crippen molar-refractivity contribution in [3.63, 3.8) is 0 Å². The Hall–Kier alpha value is -2.11. The molecule has 0 unspecified atom stereocenters. The van der Waals surface area contributed by atoms with Gasteiger partial charge in [0.05, 0.1) is 10.6 Å². The van der Waals surface area contributed by atoms with E-state index in [0.29, 0.717) is 17.3 Å². The van der Waals surface area contributed by atoms with Crippen molar-refractivity contribution in [3.05, 3.63) is 23.8 Å². The maximum absolute atomic E-state index is 12.5. The van der Waals surface area contributed by atoms with Crippen molar-refractivity contribution in [2.75, 3.05) is 29.1 Å². The van der Waals surface area contributed by atoms with Crippen LogP contribution in [0.4, 0.5) is 11.6 Å². The summed E-state index contributed by atoms with van der Waals surface area (Å²) in [6.07, 6.45) is 5.80. The summed E-state index contributed by atoms with van der Waals surface area (Å²) in [6, 6.07) is 5.08. The molecule has 2 heterocycles. The Labute approximate surface area is 180 Å². The Bertz CT molecular complexity index is 1040. The van der Waals surface area contributed by atoms with Crippen LogP contribution in [0.1, 0.15) is 43.7 Å². The molecule has 1 amide bonds. The highest BCUT2D eigenvalue weighted by Gasteiger charge is 2.32. The largest absolute Gasteiger partial charge is 0.341 e. The lowest BCUT2D eigenvalue weighted by Gasteiger charge is -2.27. The van der Waals surface area contributed by atoms with E-state index in [2.05, 4.69) is 25.0 Å². The highest BCUT2D eigenvalue weighted by Crippen LogP contribution is 2.41. The minimum Gasteiger partial charge on any atom is -0.341 e. The number of hydrogen-bond acceptors (Lipinski definition) is 7. The van der Waals surface area contributed by atoms with Crippen LogP contribution >= 0.6 is 11.8 Å². The monoisotopic (exact) mass is 450 g/mol. The molecule has 4 rings (SSSR count). The summed E-state index contributed by atoms with van der Waals surface area (Å²) in [7, 11) is -3.85. The number of aryl methyl sites for hydroxylation is 1. The Balaban J connectivity index is 1.43. The number of nitrogens with zero attached hydrogens (tertiary/aromatic N) is 4. The number of hydrogen-bond donors (Lipinski definition) is 2. The van der Waals surface area contributed by atoms with Gasteiger partial charge in [-0.3, -0.25) is 9.36 Å². The fraction of sp³-hybridized carbons (Fsp3) is 0.526. The summed E-state index contributed by atoms with van der Waals surface area (Å²) in [5.41, 5.74) is 0.931. The van der Waals surface area contributed by atoms with Crippen molar-refractivity contribution >= 4 is 39.3 Å². The topological polar surface area (TPSA) is 123 Å². The zero-order valence-corrected chi connectivity index (χ0v) is 18.5. The van der Waals surface area contributed by atoms with E-state index in [0.717, 1.165) is 37.0 Å². The summed E-state index contributed by atoms with van der Waals surface area (Å²) in [5.74, 6) is 0.828. The summed E-state index contributed by atoms with van der Waals surface area (Å²) >= 11 is 1.35. The minimum absolute atomic E-state index is 0.00704. The molecule has 2 fully saturated rings. The number of amides is 1. The van der Waals surface area contributed by atoms with E-state index in [1.165, 1.54) is 37.1 Å². The third kappa shape index (κ3) is 4.79. The third-order valence-electron chi connectivity index (χ3n) is 5.31. The van der Waals surface area contributed by atoms with Gasteiger partial charge in [-0.2, -0.15) is 0 Å². The molecule has 3 N–H and O–H groups in total. The van der Waals surface area contributed by atoms with Crippen LogP contribution in [0, 0.1) is 6.92 Å². The van der Waals surface area contributed by atoms with Crippen molar-refractivity contribution in [2.24, 2.45) is 5.14 Å². The van der Waals surface area contributed by atoms with Crippen LogP contribution in [0.2, 0.25) is 0 Å². The number of nitrogens with one attached hydrogen (secondary N) is 1. The first-order chi connectivity index (χ1) is 14.3. The summed E-state index contributed by atoms with van der Waals surface area (Å²) < 4.78 is 25.5. The second-order valence-electron chi connectivity index (χ2n) is 7.79. The van der Waals surface area contributed by atoms with Gasteiger partial charge in [-0.1, -0.05) is 17.8 Å². The molecule has 30 heavy (non-hydrogen) atoms. The molecule has 11 heteroatoms. The van der Waals surface area contributed by atoms with Crippen LogP contribution in [0.5, 0.6) is 0 Å². The van der Waals surface area contributed by atoms with Gasteiger partial charge in [0, 0.05) is 24.8 Å². The van der Waals surface area contributed by atoms with E-state index in [1.54, 1.807) is 19.1 Å². The third-order valence-corrected chi connectivity index (χ3v) is 7.30. The van der Waals surface area contributed by atoms with Gasteiger partial charge >= 0.3 is 0 Å². The van der Waals surface area contributed by atoms with Crippen molar-refractivity contribution in [1.82, 2.24) is 14.8 Å². The van der Waals surface area contributed by atoms with Gasteiger partial charge in [0.1, 0.15) is 0 Å². The van der Waals surface area contributed by atoms with E-state index < -0.39 is 10.0 Å². The number of aromatic nitrogens is 3. The predicted molar refractivity (Wildman–Crippen MR) is 116 cm³/mol. The normalized spacial score (nSPS) is 17.2. The van der Waals surface area contributed by atoms with Gasteiger partial charge in [0.15, 0.2) is 5.16 Å². The number of carbonyl (C=O) groups is 1. The lowest BCUT2D eigenvalue weighted by atomic mass is 10.1. The summed E-state index contributed by atoms with van der Waals surface area (Å²) in [5, 5.41) is 17.5. The lowest BCUT2D eigenvalue weighted by Crippen LogP contribution is -2.32. The number of sulfonamides is 1. The van der Waals surface area contributed by atoms with Gasteiger partial charge in [-0.15, -0.1) is 10.2 Å². The van der Waals surface area contributed by atoms with Crippen molar-refractivity contribution in [2.45, 2.75) is 55.1 Å². The maximum atomic E-state index is 12.5. The maximum Gasteiger partial charge on any atom is 0.238 e. The molecule has 1 aromatic heterocycles. The first kappa shape index (κ1) is 21.1. The highest BCUT2D eigenvalue weighted by molar-refractivity contribution is 7.99. The molecule has 1 aliphatic heterocycles. The average Bonchev–Trinajstić information content (AvgIpc) is 3.46. The quantitative estimate of drug-likeness (QED) is 0.620. The van der Waals surface area contributed by atoms with Crippen LogP contribution in [0.15, 0.2) is 28.3 Å². The zero-order valence-electron chi connectivity index (χ0n) is 16.9. The van der Waals surface area contributed by atoms with E-state index in [1.807, 2.05) is 0 Å². The Morgan fingerprint density at radius 1 is 1.23 bits per heavy atom. The molecule has 1 saturated carbocycles.